The minimum atomic E-state index is -1.45. The maximum absolute atomic E-state index is 12.6. The number of ketones is 1. The van der Waals surface area contributed by atoms with Crippen LogP contribution in [0.2, 0.25) is 0 Å². The number of azo groups is 1. The molecule has 0 saturated heterocycles. The van der Waals surface area contributed by atoms with E-state index in [9.17, 15) is 24.5 Å². The van der Waals surface area contributed by atoms with Crippen molar-refractivity contribution in [1.82, 2.24) is 0 Å². The first-order chi connectivity index (χ1) is 16.2. The largest absolute Gasteiger partial charge is 0.494 e. The summed E-state index contributed by atoms with van der Waals surface area (Å²) < 4.78 is 15.3. The highest BCUT2D eigenvalue weighted by Gasteiger charge is 2.23. The summed E-state index contributed by atoms with van der Waals surface area (Å²) in [5.74, 6) is -1.29. The smallest absolute Gasteiger partial charge is 0.330 e. The number of carbonyl (C=O) groups is 3. The van der Waals surface area contributed by atoms with Crippen LogP contribution in [0.15, 0.2) is 65.3 Å². The van der Waals surface area contributed by atoms with E-state index in [-0.39, 0.29) is 30.3 Å². The zero-order valence-electron chi connectivity index (χ0n) is 18.4. The lowest BCUT2D eigenvalue weighted by molar-refractivity contribution is -0.384. The van der Waals surface area contributed by atoms with E-state index in [2.05, 4.69) is 22.1 Å². The second-order valence-electron chi connectivity index (χ2n) is 6.58. The van der Waals surface area contributed by atoms with Crippen LogP contribution in [0, 0.1) is 10.1 Å². The number of nitro groups is 1. The first-order valence-electron chi connectivity index (χ1n) is 9.81. The van der Waals surface area contributed by atoms with Crippen LogP contribution in [0.5, 0.6) is 11.5 Å². The maximum Gasteiger partial charge on any atom is 0.330 e. The van der Waals surface area contributed by atoms with E-state index in [1.165, 1.54) is 26.2 Å². The lowest BCUT2D eigenvalue weighted by Crippen LogP contribution is -2.31. The van der Waals surface area contributed by atoms with Gasteiger partial charge in [-0.1, -0.05) is 6.58 Å². The van der Waals surface area contributed by atoms with Crippen LogP contribution in [0.25, 0.3) is 0 Å². The van der Waals surface area contributed by atoms with Crippen LogP contribution in [0.3, 0.4) is 0 Å². The molecule has 12 nitrogen and oxygen atoms in total. The van der Waals surface area contributed by atoms with Crippen molar-refractivity contribution in [2.24, 2.45) is 10.2 Å². The number of esters is 1. The average Bonchev–Trinajstić information content (AvgIpc) is 2.82. The van der Waals surface area contributed by atoms with Crippen molar-refractivity contribution < 1.29 is 33.5 Å². The predicted molar refractivity (Wildman–Crippen MR) is 120 cm³/mol. The molecule has 0 fully saturated rings. The minimum Gasteiger partial charge on any atom is -0.494 e. The summed E-state index contributed by atoms with van der Waals surface area (Å²) in [6.45, 7) is 4.65. The SMILES string of the molecule is C=CC(=O)OCCOc1ccc(NC(=O)C(N=Nc2ccc([N+](=O)[O-])cc2OC)C(C)=O)cc1. The number of benzene rings is 2. The number of nitro benzene ring substituents is 1. The molecular weight excluding hydrogens is 448 g/mol. The van der Waals surface area contributed by atoms with Crippen LogP contribution in [0.4, 0.5) is 17.1 Å². The average molecular weight is 470 g/mol. The van der Waals surface area contributed by atoms with Gasteiger partial charge in [0.15, 0.2) is 11.5 Å². The highest BCUT2D eigenvalue weighted by Crippen LogP contribution is 2.31. The Morgan fingerprint density at radius 1 is 1.18 bits per heavy atom. The molecule has 12 heteroatoms. The molecule has 0 aliphatic rings. The molecule has 0 heterocycles. The molecule has 1 atom stereocenters. The van der Waals surface area contributed by atoms with Crippen LogP contribution in [0.1, 0.15) is 6.92 Å². The summed E-state index contributed by atoms with van der Waals surface area (Å²) in [6, 6.07) is 8.47. The van der Waals surface area contributed by atoms with Crippen molar-refractivity contribution in [1.29, 1.82) is 0 Å². The van der Waals surface area contributed by atoms with E-state index < -0.39 is 28.6 Å². The monoisotopic (exact) mass is 470 g/mol. The highest BCUT2D eigenvalue weighted by atomic mass is 16.6. The Hall–Kier alpha value is -4.61. The van der Waals surface area contributed by atoms with E-state index in [1.54, 1.807) is 24.3 Å². The number of nitrogens with zero attached hydrogens (tertiary/aromatic N) is 3. The number of amides is 1. The Morgan fingerprint density at radius 2 is 1.88 bits per heavy atom. The maximum atomic E-state index is 12.6. The molecule has 1 N–H and O–H groups in total. The number of methoxy groups -OCH3 is 1. The molecule has 0 aliphatic heterocycles. The molecular formula is C22H22N4O8. The topological polar surface area (TPSA) is 159 Å². The summed E-state index contributed by atoms with van der Waals surface area (Å²) in [7, 11) is 1.30. The van der Waals surface area contributed by atoms with Crippen LogP contribution in [-0.4, -0.2) is 48.9 Å². The molecule has 0 spiro atoms. The number of nitrogens with one attached hydrogen (secondary N) is 1. The van der Waals surface area contributed by atoms with Gasteiger partial charge in [-0.25, -0.2) is 4.79 Å². The Morgan fingerprint density at radius 3 is 2.47 bits per heavy atom. The van der Waals surface area contributed by atoms with Crippen molar-refractivity contribution >= 4 is 34.7 Å². The molecule has 2 rings (SSSR count). The van der Waals surface area contributed by atoms with Crippen LogP contribution in [-0.2, 0) is 19.1 Å². The zero-order valence-corrected chi connectivity index (χ0v) is 18.4. The Labute approximate surface area is 194 Å². The Kier molecular flexibility index (Phi) is 9.38. The number of hydrogen-bond donors (Lipinski definition) is 1. The Balaban J connectivity index is 2.02. The molecule has 2 aromatic carbocycles. The van der Waals surface area contributed by atoms with Gasteiger partial charge in [0.2, 0.25) is 6.04 Å². The first kappa shape index (κ1) is 25.6. The molecule has 1 amide bonds. The summed E-state index contributed by atoms with van der Waals surface area (Å²) in [5.41, 5.74) is 0.291. The van der Waals surface area contributed by atoms with Gasteiger partial charge in [-0.05, 0) is 37.3 Å². The number of carbonyl (C=O) groups excluding carboxylic acids is 3. The van der Waals surface area contributed by atoms with E-state index in [1.807, 2.05) is 0 Å². The summed E-state index contributed by atoms with van der Waals surface area (Å²) in [4.78, 5) is 45.8. The van der Waals surface area contributed by atoms with E-state index >= 15 is 0 Å². The fraction of sp³-hybridized carbons (Fsp3) is 0.227. The van der Waals surface area contributed by atoms with Crippen molar-refractivity contribution in [2.45, 2.75) is 13.0 Å². The molecule has 0 radical (unpaired) electrons. The van der Waals surface area contributed by atoms with Gasteiger partial charge in [0.25, 0.3) is 11.6 Å². The van der Waals surface area contributed by atoms with Gasteiger partial charge in [0.1, 0.15) is 24.7 Å². The molecule has 0 saturated carbocycles. The number of rotatable bonds is 12. The van der Waals surface area contributed by atoms with Crippen molar-refractivity contribution in [3.63, 3.8) is 0 Å². The second-order valence-corrected chi connectivity index (χ2v) is 6.58. The quantitative estimate of drug-likeness (QED) is 0.0940. The lowest BCUT2D eigenvalue weighted by Gasteiger charge is -2.11. The second kappa shape index (κ2) is 12.4. The van der Waals surface area contributed by atoms with Gasteiger partial charge in [0, 0.05) is 17.8 Å². The third kappa shape index (κ3) is 7.51. The molecule has 0 aliphatic carbocycles. The zero-order chi connectivity index (χ0) is 25.1. The van der Waals surface area contributed by atoms with Gasteiger partial charge >= 0.3 is 5.97 Å². The van der Waals surface area contributed by atoms with E-state index in [0.29, 0.717) is 11.4 Å². The molecule has 178 valence electrons. The van der Waals surface area contributed by atoms with Crippen molar-refractivity contribution in [2.75, 3.05) is 25.6 Å². The van der Waals surface area contributed by atoms with Gasteiger partial charge < -0.3 is 19.5 Å². The van der Waals surface area contributed by atoms with Gasteiger partial charge in [-0.3, -0.25) is 19.7 Å². The molecule has 34 heavy (non-hydrogen) atoms. The fourth-order valence-electron chi connectivity index (χ4n) is 2.51. The normalized spacial score (nSPS) is 11.4. The summed E-state index contributed by atoms with van der Waals surface area (Å²) >= 11 is 0. The third-order valence-electron chi connectivity index (χ3n) is 4.17. The highest BCUT2D eigenvalue weighted by molar-refractivity contribution is 6.10. The van der Waals surface area contributed by atoms with Crippen LogP contribution < -0.4 is 14.8 Å². The summed E-state index contributed by atoms with van der Waals surface area (Å²) in [6.07, 6.45) is 1.05. The summed E-state index contributed by atoms with van der Waals surface area (Å²) in [5, 5.41) is 21.1. The number of non-ortho nitro benzene ring substituents is 1. The molecule has 1 unspecified atom stereocenters. The fourth-order valence-corrected chi connectivity index (χ4v) is 2.51. The number of anilines is 1. The Bertz CT molecular complexity index is 1100. The molecule has 2 aromatic rings. The first-order valence-corrected chi connectivity index (χ1v) is 9.81. The number of hydrogen-bond acceptors (Lipinski definition) is 10. The third-order valence-corrected chi connectivity index (χ3v) is 4.17. The van der Waals surface area contributed by atoms with Crippen LogP contribution >= 0.6 is 0 Å². The van der Waals surface area contributed by atoms with Gasteiger partial charge in [-0.15, -0.1) is 0 Å². The van der Waals surface area contributed by atoms with Crippen molar-refractivity contribution in [3.8, 4) is 11.5 Å². The van der Waals surface area contributed by atoms with Crippen molar-refractivity contribution in [3.05, 3.63) is 65.2 Å². The predicted octanol–water partition coefficient (Wildman–Crippen LogP) is 3.39. The van der Waals surface area contributed by atoms with Gasteiger partial charge in [-0.2, -0.15) is 10.2 Å². The lowest BCUT2D eigenvalue weighted by atomic mass is 10.2. The number of Topliss-reactive ketones (excluding diaryl/α,β-unsaturated/α-hetero) is 1. The number of ether oxygens (including phenoxy) is 3. The van der Waals surface area contributed by atoms with E-state index in [4.69, 9.17) is 14.2 Å². The molecule has 0 bridgehead atoms. The van der Waals surface area contributed by atoms with Gasteiger partial charge in [0.05, 0.1) is 18.1 Å². The van der Waals surface area contributed by atoms with E-state index in [0.717, 1.165) is 12.1 Å². The minimum absolute atomic E-state index is 0.0498. The molecule has 0 aromatic heterocycles. The standard InChI is InChI=1S/C22H22N4O8/c1-4-20(28)34-12-11-33-17-8-5-15(6-9-17)23-22(29)21(14(2)27)25-24-18-10-7-16(26(30)31)13-19(18)32-3/h4-10,13,21H,1,11-12H2,2-3H3,(H,23,29).